The van der Waals surface area contributed by atoms with E-state index in [9.17, 15) is 14.0 Å². The second kappa shape index (κ2) is 8.49. The van der Waals surface area contributed by atoms with E-state index in [4.69, 9.17) is 9.47 Å². The summed E-state index contributed by atoms with van der Waals surface area (Å²) in [6.45, 7) is 3.46. The maximum atomic E-state index is 14.2. The predicted octanol–water partition coefficient (Wildman–Crippen LogP) is 3.76. The van der Waals surface area contributed by atoms with Crippen molar-refractivity contribution in [3.05, 3.63) is 46.7 Å². The summed E-state index contributed by atoms with van der Waals surface area (Å²) in [5.41, 5.74) is 0.420. The van der Waals surface area contributed by atoms with E-state index in [0.29, 0.717) is 21.5 Å². The van der Waals surface area contributed by atoms with Gasteiger partial charge in [-0.05, 0) is 26.0 Å². The topological polar surface area (TPSA) is 82.4 Å². The number of nitrogens with one attached hydrogen (secondary N) is 1. The van der Waals surface area contributed by atoms with Gasteiger partial charge in [0.1, 0.15) is 16.5 Å². The summed E-state index contributed by atoms with van der Waals surface area (Å²) >= 11 is 1.11. The molecule has 1 N–H and O–H groups in total. The van der Waals surface area contributed by atoms with Gasteiger partial charge in [-0.15, -0.1) is 11.3 Å². The molecule has 1 aromatic carbocycles. The van der Waals surface area contributed by atoms with Crippen molar-refractivity contribution in [3.8, 4) is 0 Å². The van der Waals surface area contributed by atoms with Crippen molar-refractivity contribution in [2.45, 2.75) is 26.5 Å². The molecule has 1 amide bonds. The zero-order chi connectivity index (χ0) is 20.3. The van der Waals surface area contributed by atoms with E-state index >= 15 is 0 Å². The van der Waals surface area contributed by atoms with Crippen molar-refractivity contribution in [2.75, 3.05) is 19.0 Å². The van der Waals surface area contributed by atoms with Crippen LogP contribution in [-0.4, -0.2) is 35.4 Å². The minimum Gasteiger partial charge on any atom is -0.451 e. The summed E-state index contributed by atoms with van der Waals surface area (Å²) in [6, 6.07) is 6.35. The van der Waals surface area contributed by atoms with Crippen LogP contribution in [0.2, 0.25) is 0 Å². The Morgan fingerprint density at radius 3 is 2.82 bits per heavy atom. The number of thiophene rings is 1. The van der Waals surface area contributed by atoms with Crippen LogP contribution in [0.3, 0.4) is 0 Å². The number of fused-ring (bicyclic) bond motifs is 1. The molecule has 0 aliphatic heterocycles. The Labute approximate surface area is 165 Å². The predicted molar refractivity (Wildman–Crippen MR) is 104 cm³/mol. The monoisotopic (exact) mass is 405 g/mol. The summed E-state index contributed by atoms with van der Waals surface area (Å²) < 4.78 is 26.7. The summed E-state index contributed by atoms with van der Waals surface area (Å²) in [5.74, 6) is -1.10. The van der Waals surface area contributed by atoms with Gasteiger partial charge in [-0.3, -0.25) is 4.79 Å². The number of halogens is 1. The lowest BCUT2D eigenvalue weighted by atomic mass is 10.1. The molecular weight excluding hydrogens is 385 g/mol. The normalized spacial score (nSPS) is 11.2. The first-order valence-corrected chi connectivity index (χ1v) is 9.43. The molecule has 148 valence electrons. The molecule has 0 fully saturated rings. The van der Waals surface area contributed by atoms with Gasteiger partial charge >= 0.3 is 5.97 Å². The van der Waals surface area contributed by atoms with Gasteiger partial charge in [0.2, 0.25) is 0 Å². The number of rotatable bonds is 7. The Kier molecular flexibility index (Phi) is 6.05. The van der Waals surface area contributed by atoms with Crippen LogP contribution in [0.25, 0.3) is 10.1 Å². The first kappa shape index (κ1) is 20.0. The summed E-state index contributed by atoms with van der Waals surface area (Å²) in [6.07, 6.45) is 1.57. The van der Waals surface area contributed by atoms with Crippen LogP contribution < -0.4 is 5.32 Å². The third-order valence-corrected chi connectivity index (χ3v) is 5.18. The maximum Gasteiger partial charge on any atom is 0.349 e. The number of aromatic nitrogens is 2. The van der Waals surface area contributed by atoms with E-state index in [1.165, 1.54) is 13.2 Å². The molecule has 2 aromatic heterocycles. The molecule has 0 radical (unpaired) electrons. The van der Waals surface area contributed by atoms with E-state index in [1.807, 2.05) is 13.8 Å². The summed E-state index contributed by atoms with van der Waals surface area (Å²) in [7, 11) is 1.46. The zero-order valence-corrected chi connectivity index (χ0v) is 16.5. The SMILES string of the molecule is COCc1c(C(=O)OCC(=O)Nc2ccnn2C(C)C)sc2cccc(F)c12. The number of esters is 1. The Morgan fingerprint density at radius 1 is 1.32 bits per heavy atom. The van der Waals surface area contributed by atoms with Crippen molar-refractivity contribution in [1.29, 1.82) is 0 Å². The highest BCUT2D eigenvalue weighted by atomic mass is 32.1. The lowest BCUT2D eigenvalue weighted by molar-refractivity contribution is -0.119. The number of hydrogen-bond acceptors (Lipinski definition) is 6. The number of methoxy groups -OCH3 is 1. The van der Waals surface area contributed by atoms with Crippen LogP contribution >= 0.6 is 11.3 Å². The maximum absolute atomic E-state index is 14.2. The Morgan fingerprint density at radius 2 is 2.11 bits per heavy atom. The molecule has 0 atom stereocenters. The highest BCUT2D eigenvalue weighted by Gasteiger charge is 2.22. The molecule has 0 unspecified atom stereocenters. The fourth-order valence-electron chi connectivity index (χ4n) is 2.81. The molecule has 0 aliphatic carbocycles. The van der Waals surface area contributed by atoms with Gasteiger partial charge in [-0.2, -0.15) is 5.10 Å². The molecule has 0 spiro atoms. The molecule has 0 saturated carbocycles. The number of amides is 1. The second-order valence-corrected chi connectivity index (χ2v) is 7.39. The van der Waals surface area contributed by atoms with E-state index in [0.717, 1.165) is 11.3 Å². The fourth-order valence-corrected chi connectivity index (χ4v) is 3.93. The molecule has 9 heteroatoms. The van der Waals surface area contributed by atoms with Crippen molar-refractivity contribution in [2.24, 2.45) is 0 Å². The molecule has 7 nitrogen and oxygen atoms in total. The van der Waals surface area contributed by atoms with Crippen LogP contribution in [0, 0.1) is 5.82 Å². The number of carbonyl (C=O) groups excluding carboxylic acids is 2. The van der Waals surface area contributed by atoms with Crippen molar-refractivity contribution >= 4 is 39.1 Å². The number of benzene rings is 1. The largest absolute Gasteiger partial charge is 0.451 e. The van der Waals surface area contributed by atoms with Gasteiger partial charge in [0.25, 0.3) is 5.91 Å². The first-order chi connectivity index (χ1) is 13.4. The lowest BCUT2D eigenvalue weighted by Crippen LogP contribution is -2.23. The van der Waals surface area contributed by atoms with Crippen LogP contribution in [0.1, 0.15) is 35.1 Å². The first-order valence-electron chi connectivity index (χ1n) is 8.61. The van der Waals surface area contributed by atoms with Crippen molar-refractivity contribution in [3.63, 3.8) is 0 Å². The minimum absolute atomic E-state index is 0.0607. The summed E-state index contributed by atoms with van der Waals surface area (Å²) in [5, 5.41) is 7.12. The van der Waals surface area contributed by atoms with Crippen molar-refractivity contribution < 1.29 is 23.5 Å². The number of hydrogen-bond donors (Lipinski definition) is 1. The molecule has 2 heterocycles. The molecule has 28 heavy (non-hydrogen) atoms. The lowest BCUT2D eigenvalue weighted by Gasteiger charge is -2.12. The molecule has 3 rings (SSSR count). The van der Waals surface area contributed by atoms with Gasteiger partial charge < -0.3 is 14.8 Å². The van der Waals surface area contributed by atoms with Gasteiger partial charge in [0.05, 0.1) is 12.8 Å². The van der Waals surface area contributed by atoms with Gasteiger partial charge in [-0.1, -0.05) is 6.07 Å². The van der Waals surface area contributed by atoms with Crippen LogP contribution in [-0.2, 0) is 20.9 Å². The standard InChI is InChI=1S/C19H20FN3O4S/c1-11(2)23-15(7-8-21-23)22-16(24)10-27-19(25)18-12(9-26-3)17-13(20)5-4-6-14(17)28-18/h4-8,11H,9-10H2,1-3H3,(H,22,24). The van der Waals surface area contributed by atoms with Gasteiger partial charge in [0, 0.05) is 34.9 Å². The number of anilines is 1. The third-order valence-electron chi connectivity index (χ3n) is 4.00. The minimum atomic E-state index is -0.694. The number of carbonyl (C=O) groups is 2. The van der Waals surface area contributed by atoms with E-state index in [1.54, 1.807) is 29.1 Å². The van der Waals surface area contributed by atoms with E-state index < -0.39 is 24.3 Å². The molecule has 0 bridgehead atoms. The molecular formula is C19H20FN3O4S. The Hall–Kier alpha value is -2.78. The smallest absolute Gasteiger partial charge is 0.349 e. The molecule has 0 aliphatic rings. The van der Waals surface area contributed by atoms with Gasteiger partial charge in [0.15, 0.2) is 6.61 Å². The average molecular weight is 405 g/mol. The molecule has 3 aromatic rings. The van der Waals surface area contributed by atoms with E-state index in [-0.39, 0.29) is 17.5 Å². The quantitative estimate of drug-likeness (QED) is 0.605. The third kappa shape index (κ3) is 4.05. The zero-order valence-electron chi connectivity index (χ0n) is 15.7. The Bertz CT molecular complexity index is 1010. The fraction of sp³-hybridized carbons (Fsp3) is 0.316. The number of nitrogens with zero attached hydrogens (tertiary/aromatic N) is 2. The van der Waals surface area contributed by atoms with Crippen LogP contribution in [0.5, 0.6) is 0 Å². The average Bonchev–Trinajstić information content (AvgIpc) is 3.26. The highest BCUT2D eigenvalue weighted by molar-refractivity contribution is 7.21. The van der Waals surface area contributed by atoms with Crippen molar-refractivity contribution in [1.82, 2.24) is 9.78 Å². The van der Waals surface area contributed by atoms with Crippen LogP contribution in [0.15, 0.2) is 30.5 Å². The summed E-state index contributed by atoms with van der Waals surface area (Å²) in [4.78, 5) is 24.9. The Balaban J connectivity index is 1.73. The molecule has 0 saturated heterocycles. The number of ether oxygens (including phenoxy) is 2. The highest BCUT2D eigenvalue weighted by Crippen LogP contribution is 2.34. The van der Waals surface area contributed by atoms with Gasteiger partial charge in [-0.25, -0.2) is 13.9 Å². The van der Waals surface area contributed by atoms with E-state index in [2.05, 4.69) is 10.4 Å². The second-order valence-electron chi connectivity index (χ2n) is 6.33. The van der Waals surface area contributed by atoms with Crippen LogP contribution in [0.4, 0.5) is 10.2 Å².